The summed E-state index contributed by atoms with van der Waals surface area (Å²) in [7, 11) is 0. The maximum atomic E-state index is 10.7. The highest BCUT2D eigenvalue weighted by atomic mass is 16.3. The van der Waals surface area contributed by atoms with E-state index < -0.39 is 5.60 Å². The molecule has 1 aliphatic heterocycles. The molecule has 2 atom stereocenters. The third-order valence-corrected chi connectivity index (χ3v) is 6.02. The van der Waals surface area contributed by atoms with Crippen LogP contribution in [0.25, 0.3) is 0 Å². The summed E-state index contributed by atoms with van der Waals surface area (Å²) in [6, 6.07) is 0.488. The fourth-order valence-electron chi connectivity index (χ4n) is 4.23. The Bertz CT molecular complexity index is 595. The summed E-state index contributed by atoms with van der Waals surface area (Å²) in [6.07, 6.45) is 12.2. The maximum Gasteiger partial charge on any atom is 0.223 e. The molecule has 152 valence electrons. The largest absolute Gasteiger partial charge is 0.390 e. The summed E-state index contributed by atoms with van der Waals surface area (Å²) in [6.45, 7) is 6.99. The molecule has 6 heteroatoms. The molecule has 0 aromatic carbocycles. The number of nitrogens with zero attached hydrogens (tertiary/aromatic N) is 2. The Balaban J connectivity index is 1.79. The SMILES string of the molecule is CCCNC1CCC(C(C)(C)O)Cc2nc(NC3CCCCC3)ncc2N1. The van der Waals surface area contributed by atoms with Crippen molar-refractivity contribution >= 4 is 11.6 Å². The van der Waals surface area contributed by atoms with Gasteiger partial charge in [-0.15, -0.1) is 0 Å². The molecule has 0 spiro atoms. The molecule has 0 saturated heterocycles. The van der Waals surface area contributed by atoms with Crippen LogP contribution < -0.4 is 16.0 Å². The second kappa shape index (κ2) is 9.20. The first-order chi connectivity index (χ1) is 13.0. The van der Waals surface area contributed by atoms with Crippen molar-refractivity contribution in [3.63, 3.8) is 0 Å². The Morgan fingerprint density at radius 3 is 2.67 bits per heavy atom. The minimum Gasteiger partial charge on any atom is -0.390 e. The summed E-state index contributed by atoms with van der Waals surface area (Å²) in [4.78, 5) is 9.45. The van der Waals surface area contributed by atoms with Crippen molar-refractivity contribution in [2.45, 2.75) is 96.4 Å². The van der Waals surface area contributed by atoms with Crippen LogP contribution in [0.4, 0.5) is 11.6 Å². The van der Waals surface area contributed by atoms with Crippen LogP contribution in [-0.4, -0.2) is 39.4 Å². The van der Waals surface area contributed by atoms with Crippen LogP contribution in [0.5, 0.6) is 0 Å². The zero-order valence-corrected chi connectivity index (χ0v) is 17.2. The molecule has 0 radical (unpaired) electrons. The molecule has 2 unspecified atom stereocenters. The second-order valence-electron chi connectivity index (χ2n) is 8.82. The van der Waals surface area contributed by atoms with Crippen LogP contribution in [-0.2, 0) is 6.42 Å². The van der Waals surface area contributed by atoms with E-state index in [2.05, 4.69) is 27.9 Å². The molecule has 0 amide bonds. The third kappa shape index (κ3) is 5.79. The number of hydrogen-bond donors (Lipinski definition) is 4. The fraction of sp³-hybridized carbons (Fsp3) is 0.810. The Morgan fingerprint density at radius 2 is 1.96 bits per heavy atom. The molecule has 4 N–H and O–H groups in total. The number of rotatable bonds is 6. The van der Waals surface area contributed by atoms with Crippen LogP contribution in [0, 0.1) is 5.92 Å². The average molecular weight is 376 g/mol. The normalized spacial score (nSPS) is 24.4. The Morgan fingerprint density at radius 1 is 1.19 bits per heavy atom. The summed E-state index contributed by atoms with van der Waals surface area (Å²) in [5, 5.41) is 21.4. The van der Waals surface area contributed by atoms with E-state index in [9.17, 15) is 5.11 Å². The zero-order valence-electron chi connectivity index (χ0n) is 17.2. The number of aliphatic hydroxyl groups is 1. The zero-order chi connectivity index (χ0) is 19.3. The van der Waals surface area contributed by atoms with Gasteiger partial charge in [0.25, 0.3) is 0 Å². The standard InChI is InChI=1S/C21H37N5O/c1-4-12-22-19-11-10-15(21(2,3)27)13-17-18(25-19)14-23-20(26-17)24-16-8-6-5-7-9-16/h14-16,19,22,25,27H,4-13H2,1-3H3,(H,23,24,26). The first-order valence-electron chi connectivity index (χ1n) is 10.8. The lowest BCUT2D eigenvalue weighted by molar-refractivity contribution is 0.0108. The molecule has 6 nitrogen and oxygen atoms in total. The summed E-state index contributed by atoms with van der Waals surface area (Å²) >= 11 is 0. The first kappa shape index (κ1) is 20.3. The molecular weight excluding hydrogens is 338 g/mol. The molecule has 1 saturated carbocycles. The molecule has 2 aliphatic rings. The first-order valence-corrected chi connectivity index (χ1v) is 10.8. The molecule has 1 aromatic heterocycles. The Kier molecular flexibility index (Phi) is 6.93. The topological polar surface area (TPSA) is 82.1 Å². The van der Waals surface area contributed by atoms with E-state index in [0.29, 0.717) is 6.04 Å². The van der Waals surface area contributed by atoms with Gasteiger partial charge in [0, 0.05) is 6.04 Å². The van der Waals surface area contributed by atoms with Crippen molar-refractivity contribution in [3.05, 3.63) is 11.9 Å². The van der Waals surface area contributed by atoms with E-state index in [1.54, 1.807) is 0 Å². The monoisotopic (exact) mass is 375 g/mol. The van der Waals surface area contributed by atoms with Gasteiger partial charge in [-0.05, 0) is 64.8 Å². The van der Waals surface area contributed by atoms with Crippen LogP contribution in [0.2, 0.25) is 0 Å². The van der Waals surface area contributed by atoms with Crippen molar-refractivity contribution in [1.29, 1.82) is 0 Å². The van der Waals surface area contributed by atoms with Crippen LogP contribution >= 0.6 is 0 Å². The lowest BCUT2D eigenvalue weighted by Crippen LogP contribution is -2.41. The highest BCUT2D eigenvalue weighted by molar-refractivity contribution is 5.50. The molecule has 3 rings (SSSR count). The van der Waals surface area contributed by atoms with Gasteiger partial charge < -0.3 is 15.7 Å². The van der Waals surface area contributed by atoms with E-state index in [-0.39, 0.29) is 12.1 Å². The van der Waals surface area contributed by atoms with E-state index >= 15 is 0 Å². The average Bonchev–Trinajstić information content (AvgIpc) is 2.62. The minimum absolute atomic E-state index is 0.182. The summed E-state index contributed by atoms with van der Waals surface area (Å²) in [5.41, 5.74) is 1.29. The van der Waals surface area contributed by atoms with E-state index in [1.807, 2.05) is 20.0 Å². The van der Waals surface area contributed by atoms with E-state index in [4.69, 9.17) is 4.98 Å². The third-order valence-electron chi connectivity index (χ3n) is 6.02. The smallest absolute Gasteiger partial charge is 0.223 e. The fourth-order valence-corrected chi connectivity index (χ4v) is 4.23. The molecule has 1 aromatic rings. The summed E-state index contributed by atoms with van der Waals surface area (Å²) < 4.78 is 0. The minimum atomic E-state index is -0.716. The summed E-state index contributed by atoms with van der Waals surface area (Å²) in [5.74, 6) is 0.914. The number of hydrogen-bond acceptors (Lipinski definition) is 6. The number of fused-ring (bicyclic) bond motifs is 1. The lowest BCUT2D eigenvalue weighted by Gasteiger charge is -2.34. The van der Waals surface area contributed by atoms with Crippen LogP contribution in [0.15, 0.2) is 6.20 Å². The van der Waals surface area contributed by atoms with Crippen LogP contribution in [0.1, 0.15) is 77.8 Å². The van der Waals surface area contributed by atoms with Gasteiger partial charge in [0.15, 0.2) is 0 Å². The molecule has 1 aliphatic carbocycles. The highest BCUT2D eigenvalue weighted by Gasteiger charge is 2.31. The van der Waals surface area contributed by atoms with Gasteiger partial charge in [-0.1, -0.05) is 26.2 Å². The van der Waals surface area contributed by atoms with Crippen molar-refractivity contribution in [2.24, 2.45) is 5.92 Å². The maximum absolute atomic E-state index is 10.7. The van der Waals surface area contributed by atoms with Crippen molar-refractivity contribution < 1.29 is 5.11 Å². The van der Waals surface area contributed by atoms with Gasteiger partial charge in [-0.2, -0.15) is 0 Å². The van der Waals surface area contributed by atoms with Gasteiger partial charge in [0.1, 0.15) is 0 Å². The lowest BCUT2D eigenvalue weighted by atomic mass is 9.82. The van der Waals surface area contributed by atoms with Crippen molar-refractivity contribution in [2.75, 3.05) is 17.2 Å². The van der Waals surface area contributed by atoms with Gasteiger partial charge in [-0.25, -0.2) is 9.97 Å². The molecular formula is C21H37N5O. The predicted molar refractivity (Wildman–Crippen MR) is 111 cm³/mol. The van der Waals surface area contributed by atoms with Crippen LogP contribution in [0.3, 0.4) is 0 Å². The number of anilines is 2. The Labute approximate surface area is 164 Å². The Hall–Kier alpha value is -1.40. The van der Waals surface area contributed by atoms with Gasteiger partial charge in [0.05, 0.1) is 29.3 Å². The number of nitrogens with one attached hydrogen (secondary N) is 3. The second-order valence-corrected chi connectivity index (χ2v) is 8.82. The molecule has 1 fully saturated rings. The molecule has 0 bridgehead atoms. The number of aromatic nitrogens is 2. The van der Waals surface area contributed by atoms with Gasteiger partial charge in [0.2, 0.25) is 5.95 Å². The molecule has 2 heterocycles. The van der Waals surface area contributed by atoms with Crippen molar-refractivity contribution in [1.82, 2.24) is 15.3 Å². The quantitative estimate of drug-likeness (QED) is 0.607. The predicted octanol–water partition coefficient (Wildman–Crippen LogP) is 3.68. The molecule has 27 heavy (non-hydrogen) atoms. The van der Waals surface area contributed by atoms with E-state index in [1.165, 1.54) is 32.1 Å². The van der Waals surface area contributed by atoms with Gasteiger partial charge in [-0.3, -0.25) is 5.32 Å². The van der Waals surface area contributed by atoms with E-state index in [0.717, 1.165) is 49.6 Å². The van der Waals surface area contributed by atoms with Gasteiger partial charge >= 0.3 is 0 Å². The van der Waals surface area contributed by atoms with Crippen molar-refractivity contribution in [3.8, 4) is 0 Å². The highest BCUT2D eigenvalue weighted by Crippen LogP contribution is 2.31.